The lowest BCUT2D eigenvalue weighted by molar-refractivity contribution is -0.148. The Labute approximate surface area is 122 Å². The second kappa shape index (κ2) is 5.66. The molecule has 1 fully saturated rings. The summed E-state index contributed by atoms with van der Waals surface area (Å²) in [5, 5.41) is -0.214. The molecule has 0 spiro atoms. The molecule has 1 aliphatic rings. The number of alkyl halides is 3. The van der Waals surface area contributed by atoms with Gasteiger partial charge in [-0.05, 0) is 28.1 Å². The fraction of sp³-hybridized carbons (Fsp3) is 0.600. The highest BCUT2D eigenvalue weighted by Gasteiger charge is 2.35. The molecular weight excluding hydrogens is 365 g/mol. The van der Waals surface area contributed by atoms with Gasteiger partial charge in [0.25, 0.3) is 10.0 Å². The molecule has 10 heteroatoms. The molecule has 2 heterocycles. The quantitative estimate of drug-likeness (QED) is 0.808. The van der Waals surface area contributed by atoms with Gasteiger partial charge in [0, 0.05) is 26.2 Å². The largest absolute Gasteiger partial charge is 0.437 e. The molecule has 0 unspecified atom stereocenters. The molecule has 0 atom stereocenters. The minimum absolute atomic E-state index is 0.0106. The van der Waals surface area contributed by atoms with Crippen LogP contribution < -0.4 is 0 Å². The number of halogens is 4. The first-order chi connectivity index (χ1) is 9.18. The van der Waals surface area contributed by atoms with Gasteiger partial charge in [-0.2, -0.15) is 17.5 Å². The first kappa shape index (κ1) is 15.8. The standard InChI is InChI=1S/C10H12BrF3N2O3S/c11-8-1-2-9(19-8)20(17,18)16-5-3-15(4-6-16)7-10(12,13)14/h1-2H,3-7H2. The Morgan fingerprint density at radius 3 is 2.25 bits per heavy atom. The van der Waals surface area contributed by atoms with Crippen LogP contribution in [0.2, 0.25) is 0 Å². The number of hydrogen-bond donors (Lipinski definition) is 0. The fourth-order valence-electron chi connectivity index (χ4n) is 1.95. The average molecular weight is 377 g/mol. The predicted octanol–water partition coefficient (Wildman–Crippen LogP) is 1.91. The highest BCUT2D eigenvalue weighted by atomic mass is 79.9. The third kappa shape index (κ3) is 3.74. The topological polar surface area (TPSA) is 53.8 Å². The smallest absolute Gasteiger partial charge is 0.401 e. The van der Waals surface area contributed by atoms with E-state index in [0.29, 0.717) is 0 Å². The maximum atomic E-state index is 12.2. The Bertz CT molecular complexity index is 565. The van der Waals surface area contributed by atoms with Gasteiger partial charge in [-0.25, -0.2) is 8.42 Å². The normalized spacial score (nSPS) is 19.4. The molecule has 20 heavy (non-hydrogen) atoms. The average Bonchev–Trinajstić information content (AvgIpc) is 2.75. The summed E-state index contributed by atoms with van der Waals surface area (Å²) in [6.07, 6.45) is -4.27. The van der Waals surface area contributed by atoms with E-state index in [2.05, 4.69) is 15.9 Å². The van der Waals surface area contributed by atoms with Crippen molar-refractivity contribution in [1.29, 1.82) is 0 Å². The summed E-state index contributed by atoms with van der Waals surface area (Å²) in [6, 6.07) is 2.76. The minimum atomic E-state index is -4.27. The van der Waals surface area contributed by atoms with Crippen LogP contribution in [0.15, 0.2) is 26.3 Å². The third-order valence-electron chi connectivity index (χ3n) is 2.88. The molecule has 0 N–H and O–H groups in total. The Morgan fingerprint density at radius 1 is 1.20 bits per heavy atom. The molecule has 1 saturated heterocycles. The van der Waals surface area contributed by atoms with Gasteiger partial charge in [-0.15, -0.1) is 0 Å². The van der Waals surface area contributed by atoms with Gasteiger partial charge in [0.15, 0.2) is 4.67 Å². The predicted molar refractivity (Wildman–Crippen MR) is 67.7 cm³/mol. The number of rotatable bonds is 3. The maximum Gasteiger partial charge on any atom is 0.401 e. The summed E-state index contributed by atoms with van der Waals surface area (Å²) in [5.41, 5.74) is 0. The second-order valence-electron chi connectivity index (χ2n) is 4.35. The highest BCUT2D eigenvalue weighted by molar-refractivity contribution is 9.10. The number of piperazine rings is 1. The molecular formula is C10H12BrF3N2O3S. The molecule has 0 amide bonds. The molecule has 1 aromatic rings. The Hall–Kier alpha value is -0.580. The number of hydrogen-bond acceptors (Lipinski definition) is 4. The van der Waals surface area contributed by atoms with Crippen molar-refractivity contribution in [2.24, 2.45) is 0 Å². The van der Waals surface area contributed by atoms with Gasteiger partial charge >= 0.3 is 6.18 Å². The summed E-state index contributed by atoms with van der Waals surface area (Å²) >= 11 is 3.01. The van der Waals surface area contributed by atoms with E-state index in [0.717, 1.165) is 4.31 Å². The molecule has 0 bridgehead atoms. The fourth-order valence-corrected chi connectivity index (χ4v) is 3.69. The van der Waals surface area contributed by atoms with Crippen molar-refractivity contribution in [3.8, 4) is 0 Å². The first-order valence-electron chi connectivity index (χ1n) is 5.73. The van der Waals surface area contributed by atoms with Gasteiger partial charge in [-0.3, -0.25) is 4.90 Å². The molecule has 0 saturated carbocycles. The van der Waals surface area contributed by atoms with Crippen LogP contribution in [0, 0.1) is 0 Å². The van der Waals surface area contributed by atoms with Gasteiger partial charge in [0.05, 0.1) is 6.54 Å². The van der Waals surface area contributed by atoms with Gasteiger partial charge in [0.1, 0.15) is 0 Å². The van der Waals surface area contributed by atoms with E-state index < -0.39 is 22.7 Å². The number of furan rings is 1. The van der Waals surface area contributed by atoms with Gasteiger partial charge in [-0.1, -0.05) is 0 Å². The Balaban J connectivity index is 2.00. The lowest BCUT2D eigenvalue weighted by Crippen LogP contribution is -2.50. The molecule has 114 valence electrons. The summed E-state index contributed by atoms with van der Waals surface area (Å²) in [7, 11) is -3.78. The van der Waals surface area contributed by atoms with Crippen molar-refractivity contribution in [1.82, 2.24) is 9.21 Å². The summed E-state index contributed by atoms with van der Waals surface area (Å²) in [5.74, 6) is 0. The third-order valence-corrected chi connectivity index (χ3v) is 5.08. The zero-order valence-electron chi connectivity index (χ0n) is 10.2. The molecule has 0 radical (unpaired) electrons. The van der Waals surface area contributed by atoms with Crippen LogP contribution >= 0.6 is 15.9 Å². The molecule has 5 nitrogen and oxygen atoms in total. The van der Waals surface area contributed by atoms with Gasteiger partial charge < -0.3 is 4.42 Å². The maximum absolute atomic E-state index is 12.2. The van der Waals surface area contributed by atoms with E-state index in [1.165, 1.54) is 17.0 Å². The van der Waals surface area contributed by atoms with E-state index in [-0.39, 0.29) is 35.9 Å². The molecule has 0 aromatic carbocycles. The lowest BCUT2D eigenvalue weighted by Gasteiger charge is -2.33. The Kier molecular flexibility index (Phi) is 4.47. The Morgan fingerprint density at radius 2 is 1.80 bits per heavy atom. The number of nitrogens with zero attached hydrogens (tertiary/aromatic N) is 2. The molecule has 1 aliphatic heterocycles. The summed E-state index contributed by atoms with van der Waals surface area (Å²) < 4.78 is 67.5. The monoisotopic (exact) mass is 376 g/mol. The zero-order valence-corrected chi connectivity index (χ0v) is 12.6. The lowest BCUT2D eigenvalue weighted by atomic mass is 10.3. The van der Waals surface area contributed by atoms with Crippen LogP contribution in [0.25, 0.3) is 0 Å². The van der Waals surface area contributed by atoms with Crippen molar-refractivity contribution in [2.45, 2.75) is 11.3 Å². The summed E-state index contributed by atoms with van der Waals surface area (Å²) in [4.78, 5) is 1.18. The van der Waals surface area contributed by atoms with Crippen LogP contribution in [0.4, 0.5) is 13.2 Å². The highest BCUT2D eigenvalue weighted by Crippen LogP contribution is 2.24. The van der Waals surface area contributed by atoms with Crippen LogP contribution in [0.5, 0.6) is 0 Å². The van der Waals surface area contributed by atoms with Crippen molar-refractivity contribution >= 4 is 26.0 Å². The minimum Gasteiger partial charge on any atom is -0.437 e. The second-order valence-corrected chi connectivity index (χ2v) is 7.00. The molecule has 0 aliphatic carbocycles. The van der Waals surface area contributed by atoms with Crippen LogP contribution in [-0.2, 0) is 10.0 Å². The van der Waals surface area contributed by atoms with Gasteiger partial charge in [0.2, 0.25) is 5.09 Å². The van der Waals surface area contributed by atoms with Crippen molar-refractivity contribution in [3.05, 3.63) is 16.8 Å². The van der Waals surface area contributed by atoms with E-state index in [1.807, 2.05) is 0 Å². The van der Waals surface area contributed by atoms with Crippen LogP contribution in [0.1, 0.15) is 0 Å². The van der Waals surface area contributed by atoms with E-state index in [9.17, 15) is 21.6 Å². The molecule has 2 rings (SSSR count). The van der Waals surface area contributed by atoms with Crippen molar-refractivity contribution in [3.63, 3.8) is 0 Å². The van der Waals surface area contributed by atoms with Crippen LogP contribution in [-0.4, -0.2) is 56.5 Å². The van der Waals surface area contributed by atoms with E-state index in [1.54, 1.807) is 0 Å². The summed E-state index contributed by atoms with van der Waals surface area (Å²) in [6.45, 7) is -0.915. The van der Waals surface area contributed by atoms with E-state index >= 15 is 0 Å². The van der Waals surface area contributed by atoms with Crippen molar-refractivity contribution in [2.75, 3.05) is 32.7 Å². The zero-order chi connectivity index (χ0) is 15.0. The first-order valence-corrected chi connectivity index (χ1v) is 7.96. The number of sulfonamides is 1. The van der Waals surface area contributed by atoms with E-state index in [4.69, 9.17) is 4.42 Å². The van der Waals surface area contributed by atoms with Crippen LogP contribution in [0.3, 0.4) is 0 Å². The SMILES string of the molecule is O=S(=O)(c1ccc(Br)o1)N1CCN(CC(F)(F)F)CC1. The molecule has 1 aromatic heterocycles. The van der Waals surface area contributed by atoms with Crippen molar-refractivity contribution < 1.29 is 26.0 Å².